The summed E-state index contributed by atoms with van der Waals surface area (Å²) in [6, 6.07) is -0.304. The lowest BCUT2D eigenvalue weighted by Gasteiger charge is -2.38. The van der Waals surface area contributed by atoms with Crippen LogP contribution in [0.3, 0.4) is 0 Å². The molecule has 0 saturated carbocycles. The molecule has 2 fully saturated rings. The molecule has 20 heavy (non-hydrogen) atoms. The minimum absolute atomic E-state index is 0.157. The smallest absolute Gasteiger partial charge is 0.239 e. The van der Waals surface area contributed by atoms with Crippen LogP contribution in [-0.4, -0.2) is 55.2 Å². The van der Waals surface area contributed by atoms with Crippen molar-refractivity contribution < 1.29 is 9.53 Å². The van der Waals surface area contributed by atoms with Crippen LogP contribution in [0.25, 0.3) is 0 Å². The van der Waals surface area contributed by atoms with Gasteiger partial charge in [-0.15, -0.1) is 0 Å². The predicted octanol–water partition coefficient (Wildman–Crippen LogP) is 1.73. The zero-order valence-electron chi connectivity index (χ0n) is 12.6. The largest absolute Gasteiger partial charge is 0.381 e. The van der Waals surface area contributed by atoms with Gasteiger partial charge in [0.2, 0.25) is 5.91 Å². The normalized spacial score (nSPS) is 23.8. The summed E-state index contributed by atoms with van der Waals surface area (Å²) < 4.78 is 5.44. The molecule has 2 N–H and O–H groups in total. The van der Waals surface area contributed by atoms with Gasteiger partial charge in [0, 0.05) is 26.3 Å². The van der Waals surface area contributed by atoms with Gasteiger partial charge in [0.15, 0.2) is 0 Å². The van der Waals surface area contributed by atoms with E-state index in [9.17, 15) is 4.79 Å². The van der Waals surface area contributed by atoms with E-state index in [1.165, 1.54) is 12.8 Å². The third-order valence-electron chi connectivity index (χ3n) is 4.73. The summed E-state index contributed by atoms with van der Waals surface area (Å²) in [6.45, 7) is 3.63. The maximum atomic E-state index is 12.3. The Balaban J connectivity index is 1.74. The molecule has 0 radical (unpaired) electrons. The van der Waals surface area contributed by atoms with Crippen LogP contribution in [0.5, 0.6) is 0 Å². The van der Waals surface area contributed by atoms with Gasteiger partial charge < -0.3 is 15.4 Å². The number of carbonyl (C=O) groups excluding carboxylic acids is 1. The van der Waals surface area contributed by atoms with Gasteiger partial charge in [-0.05, 0) is 55.9 Å². The first-order chi connectivity index (χ1) is 9.72. The van der Waals surface area contributed by atoms with Crippen LogP contribution >= 0.6 is 11.8 Å². The van der Waals surface area contributed by atoms with Crippen LogP contribution in [0.1, 0.15) is 32.1 Å². The Hall–Kier alpha value is -0.260. The molecule has 2 saturated heterocycles. The first-order valence-corrected chi connectivity index (χ1v) is 9.22. The van der Waals surface area contributed by atoms with E-state index in [4.69, 9.17) is 10.5 Å². The lowest BCUT2D eigenvalue weighted by Crippen LogP contribution is -2.48. The molecule has 0 aromatic rings. The van der Waals surface area contributed by atoms with Crippen molar-refractivity contribution >= 4 is 17.7 Å². The highest BCUT2D eigenvalue weighted by Crippen LogP contribution is 2.31. The molecule has 1 amide bonds. The third-order valence-corrected chi connectivity index (χ3v) is 5.38. The average Bonchev–Trinajstić information content (AvgIpc) is 2.53. The lowest BCUT2D eigenvalue weighted by atomic mass is 9.80. The molecule has 0 spiro atoms. The second-order valence-electron chi connectivity index (χ2n) is 6.00. The van der Waals surface area contributed by atoms with Crippen LogP contribution in [0.4, 0.5) is 0 Å². The number of carbonyl (C=O) groups is 1. The maximum Gasteiger partial charge on any atom is 0.239 e. The van der Waals surface area contributed by atoms with Crippen LogP contribution in [-0.2, 0) is 9.53 Å². The number of rotatable bonds is 5. The predicted molar refractivity (Wildman–Crippen MR) is 83.8 cm³/mol. The molecule has 1 atom stereocenters. The molecular formula is C15H28N2O2S. The molecule has 0 aromatic heterocycles. The van der Waals surface area contributed by atoms with E-state index in [0.717, 1.165) is 63.2 Å². The highest BCUT2D eigenvalue weighted by Gasteiger charge is 2.30. The fraction of sp³-hybridized carbons (Fsp3) is 0.933. The first kappa shape index (κ1) is 16.1. The van der Waals surface area contributed by atoms with Gasteiger partial charge in [-0.3, -0.25) is 4.79 Å². The number of amides is 1. The van der Waals surface area contributed by atoms with Crippen LogP contribution in [0, 0.1) is 11.8 Å². The Morgan fingerprint density at radius 1 is 1.25 bits per heavy atom. The van der Waals surface area contributed by atoms with E-state index in [1.54, 1.807) is 11.8 Å². The molecule has 2 aliphatic rings. The Bertz CT molecular complexity index is 300. The van der Waals surface area contributed by atoms with E-state index in [-0.39, 0.29) is 11.9 Å². The monoisotopic (exact) mass is 300 g/mol. The molecule has 0 unspecified atom stereocenters. The zero-order chi connectivity index (χ0) is 14.4. The van der Waals surface area contributed by atoms with Crippen molar-refractivity contribution in [2.75, 3.05) is 38.3 Å². The van der Waals surface area contributed by atoms with Gasteiger partial charge in [-0.25, -0.2) is 0 Å². The minimum Gasteiger partial charge on any atom is -0.381 e. The first-order valence-electron chi connectivity index (χ1n) is 7.83. The summed E-state index contributed by atoms with van der Waals surface area (Å²) in [5, 5.41) is 0. The Kier molecular flexibility index (Phi) is 6.65. The van der Waals surface area contributed by atoms with Crippen LogP contribution in [0.15, 0.2) is 0 Å². The standard InChI is InChI=1S/C15H28N2O2S/c1-20-11-6-14(16)15(18)17-7-2-12(3-8-17)13-4-9-19-10-5-13/h12-14H,2-11,16H2,1H3/t14-/m0/s1. The fourth-order valence-electron chi connectivity index (χ4n) is 3.38. The number of piperidine rings is 1. The number of likely N-dealkylation sites (tertiary alicyclic amines) is 1. The second-order valence-corrected chi connectivity index (χ2v) is 6.99. The Morgan fingerprint density at radius 2 is 1.85 bits per heavy atom. The van der Waals surface area contributed by atoms with E-state index in [0.29, 0.717) is 0 Å². The third kappa shape index (κ3) is 4.37. The number of ether oxygens (including phenoxy) is 1. The zero-order valence-corrected chi connectivity index (χ0v) is 13.4. The highest BCUT2D eigenvalue weighted by molar-refractivity contribution is 7.98. The van der Waals surface area contributed by atoms with Crippen molar-refractivity contribution in [3.63, 3.8) is 0 Å². The Labute approximate surface area is 126 Å². The second kappa shape index (κ2) is 8.25. The number of hydrogen-bond donors (Lipinski definition) is 1. The van der Waals surface area contributed by atoms with Gasteiger partial charge in [0.1, 0.15) is 0 Å². The van der Waals surface area contributed by atoms with Crippen molar-refractivity contribution in [3.8, 4) is 0 Å². The molecule has 0 aromatic carbocycles. The maximum absolute atomic E-state index is 12.3. The van der Waals surface area contributed by atoms with Crippen LogP contribution < -0.4 is 5.73 Å². The summed E-state index contributed by atoms with van der Waals surface area (Å²) >= 11 is 1.75. The molecule has 5 heteroatoms. The summed E-state index contributed by atoms with van der Waals surface area (Å²) in [4.78, 5) is 14.2. The fourth-order valence-corrected chi connectivity index (χ4v) is 3.87. The van der Waals surface area contributed by atoms with Crippen molar-refractivity contribution in [1.29, 1.82) is 0 Å². The molecule has 2 rings (SSSR count). The average molecular weight is 300 g/mol. The van der Waals surface area contributed by atoms with Crippen molar-refractivity contribution in [2.24, 2.45) is 17.6 Å². The Morgan fingerprint density at radius 3 is 2.45 bits per heavy atom. The van der Waals surface area contributed by atoms with E-state index >= 15 is 0 Å². The van der Waals surface area contributed by atoms with Crippen molar-refractivity contribution in [3.05, 3.63) is 0 Å². The SMILES string of the molecule is CSCC[C@H](N)C(=O)N1CCC(C2CCOCC2)CC1. The van der Waals surface area contributed by atoms with Gasteiger partial charge in [0.25, 0.3) is 0 Å². The molecule has 116 valence electrons. The van der Waals surface area contributed by atoms with E-state index in [2.05, 4.69) is 6.26 Å². The summed E-state index contributed by atoms with van der Waals surface area (Å²) in [5.74, 6) is 2.71. The van der Waals surface area contributed by atoms with E-state index < -0.39 is 0 Å². The lowest BCUT2D eigenvalue weighted by molar-refractivity contribution is -0.134. The molecule has 0 bridgehead atoms. The quantitative estimate of drug-likeness (QED) is 0.840. The molecule has 2 heterocycles. The van der Waals surface area contributed by atoms with Gasteiger partial charge in [-0.2, -0.15) is 11.8 Å². The van der Waals surface area contributed by atoms with Crippen molar-refractivity contribution in [2.45, 2.75) is 38.1 Å². The van der Waals surface area contributed by atoms with Gasteiger partial charge in [0.05, 0.1) is 6.04 Å². The number of nitrogens with two attached hydrogens (primary N) is 1. The molecule has 4 nitrogen and oxygen atoms in total. The topological polar surface area (TPSA) is 55.6 Å². The minimum atomic E-state index is -0.304. The van der Waals surface area contributed by atoms with Crippen molar-refractivity contribution in [1.82, 2.24) is 4.90 Å². The van der Waals surface area contributed by atoms with Crippen LogP contribution in [0.2, 0.25) is 0 Å². The van der Waals surface area contributed by atoms with Gasteiger partial charge in [-0.1, -0.05) is 0 Å². The van der Waals surface area contributed by atoms with Gasteiger partial charge >= 0.3 is 0 Å². The summed E-state index contributed by atoms with van der Waals surface area (Å²) in [5.41, 5.74) is 5.99. The highest BCUT2D eigenvalue weighted by atomic mass is 32.2. The number of thioether (sulfide) groups is 1. The molecule has 0 aliphatic carbocycles. The summed E-state index contributed by atoms with van der Waals surface area (Å²) in [7, 11) is 0. The summed E-state index contributed by atoms with van der Waals surface area (Å²) in [6.07, 6.45) is 7.53. The number of hydrogen-bond acceptors (Lipinski definition) is 4. The van der Waals surface area contributed by atoms with E-state index in [1.807, 2.05) is 4.90 Å². The molecular weight excluding hydrogens is 272 g/mol. The number of nitrogens with zero attached hydrogens (tertiary/aromatic N) is 1. The molecule has 2 aliphatic heterocycles.